The van der Waals surface area contributed by atoms with Gasteiger partial charge in [0.15, 0.2) is 0 Å². The zero-order valence-electron chi connectivity index (χ0n) is 12.8. The van der Waals surface area contributed by atoms with Gasteiger partial charge in [0, 0.05) is 20.0 Å². The lowest BCUT2D eigenvalue weighted by molar-refractivity contribution is -0.138. The zero-order valence-corrected chi connectivity index (χ0v) is 13.6. The van der Waals surface area contributed by atoms with Crippen molar-refractivity contribution in [2.45, 2.75) is 25.8 Å². The Morgan fingerprint density at radius 2 is 2.23 bits per heavy atom. The Bertz CT molecular complexity index is 679. The number of para-hydroxylation sites is 1. The molecule has 0 unspecified atom stereocenters. The fraction of sp³-hybridized carbons (Fsp3) is 0.438. The summed E-state index contributed by atoms with van der Waals surface area (Å²) < 4.78 is 1.12. The molecule has 1 atom stereocenters. The van der Waals surface area contributed by atoms with Crippen molar-refractivity contribution in [1.82, 2.24) is 14.8 Å². The van der Waals surface area contributed by atoms with E-state index in [0.717, 1.165) is 21.6 Å². The van der Waals surface area contributed by atoms with Gasteiger partial charge in [-0.3, -0.25) is 9.59 Å². The molecule has 2 aromatic rings. The van der Waals surface area contributed by atoms with Crippen LogP contribution in [0.15, 0.2) is 24.3 Å². The number of carbonyl (C=O) groups excluding carboxylic acids is 2. The van der Waals surface area contributed by atoms with Gasteiger partial charge in [0.05, 0.1) is 22.8 Å². The van der Waals surface area contributed by atoms with Crippen LogP contribution in [0.5, 0.6) is 0 Å². The Hall–Kier alpha value is -1.95. The summed E-state index contributed by atoms with van der Waals surface area (Å²) in [7, 11) is 1.78. The smallest absolute Gasteiger partial charge is 0.242 e. The highest BCUT2D eigenvalue weighted by Gasteiger charge is 2.26. The topological polar surface area (TPSA) is 53.5 Å². The monoisotopic (exact) mass is 317 g/mol. The number of likely N-dealkylation sites (tertiary alicyclic amines) is 1. The SMILES string of the molecule is C[C@H](c1nc2ccccc2s1)N(C)C(=O)CN1CCCC1=O. The number of nitrogens with zero attached hydrogens (tertiary/aromatic N) is 3. The first kappa shape index (κ1) is 15.0. The summed E-state index contributed by atoms with van der Waals surface area (Å²) in [5, 5.41) is 0.921. The molecular formula is C16H19N3O2S. The van der Waals surface area contributed by atoms with Crippen LogP contribution in [0.25, 0.3) is 10.2 Å². The third-order valence-electron chi connectivity index (χ3n) is 4.14. The van der Waals surface area contributed by atoms with Gasteiger partial charge in [0.1, 0.15) is 5.01 Å². The molecule has 0 spiro atoms. The number of carbonyl (C=O) groups is 2. The molecule has 1 saturated heterocycles. The molecule has 1 aliphatic heterocycles. The predicted molar refractivity (Wildman–Crippen MR) is 86.6 cm³/mol. The molecule has 0 aliphatic carbocycles. The summed E-state index contributed by atoms with van der Waals surface area (Å²) in [6.45, 7) is 2.83. The second-order valence-electron chi connectivity index (χ2n) is 5.62. The minimum atomic E-state index is -0.0948. The predicted octanol–water partition coefficient (Wildman–Crippen LogP) is 2.44. The lowest BCUT2D eigenvalue weighted by Gasteiger charge is -2.25. The third kappa shape index (κ3) is 2.83. The number of hydrogen-bond acceptors (Lipinski definition) is 4. The highest BCUT2D eigenvalue weighted by molar-refractivity contribution is 7.18. The van der Waals surface area contributed by atoms with Crippen LogP contribution in [0, 0.1) is 0 Å². The molecule has 5 nitrogen and oxygen atoms in total. The fourth-order valence-corrected chi connectivity index (χ4v) is 3.66. The summed E-state index contributed by atoms with van der Waals surface area (Å²) in [5.41, 5.74) is 0.963. The standard InChI is InChI=1S/C16H19N3O2S/c1-11(16-17-12-6-3-4-7-13(12)22-16)18(2)15(21)10-19-9-5-8-14(19)20/h3-4,6-7,11H,5,8-10H2,1-2H3/t11-/m1/s1. The van der Waals surface area contributed by atoms with Gasteiger partial charge in [0.2, 0.25) is 11.8 Å². The maximum absolute atomic E-state index is 12.4. The van der Waals surface area contributed by atoms with E-state index in [-0.39, 0.29) is 24.4 Å². The van der Waals surface area contributed by atoms with Gasteiger partial charge in [-0.1, -0.05) is 12.1 Å². The molecule has 2 heterocycles. The number of hydrogen-bond donors (Lipinski definition) is 0. The van der Waals surface area contributed by atoms with Crippen molar-refractivity contribution in [2.75, 3.05) is 20.1 Å². The summed E-state index contributed by atoms with van der Waals surface area (Å²) in [6.07, 6.45) is 1.41. The normalized spacial score (nSPS) is 16.3. The molecule has 116 valence electrons. The van der Waals surface area contributed by atoms with Crippen molar-refractivity contribution >= 4 is 33.4 Å². The molecule has 2 amide bonds. The fourth-order valence-electron chi connectivity index (χ4n) is 2.60. The Labute approximate surface area is 133 Å². The van der Waals surface area contributed by atoms with E-state index >= 15 is 0 Å². The molecule has 0 saturated carbocycles. The Kier molecular flexibility index (Phi) is 4.11. The average Bonchev–Trinajstić information content (AvgIpc) is 3.12. The highest BCUT2D eigenvalue weighted by atomic mass is 32.1. The third-order valence-corrected chi connectivity index (χ3v) is 5.35. The van der Waals surface area contributed by atoms with Crippen LogP contribution in [0.2, 0.25) is 0 Å². The van der Waals surface area contributed by atoms with Crippen molar-refractivity contribution in [3.05, 3.63) is 29.3 Å². The largest absolute Gasteiger partial charge is 0.335 e. The van der Waals surface area contributed by atoms with Gasteiger partial charge in [-0.2, -0.15) is 0 Å². The molecule has 1 aromatic heterocycles. The van der Waals surface area contributed by atoms with E-state index in [0.29, 0.717) is 13.0 Å². The molecule has 3 rings (SSSR count). The van der Waals surface area contributed by atoms with Gasteiger partial charge < -0.3 is 9.80 Å². The van der Waals surface area contributed by atoms with Crippen molar-refractivity contribution in [3.63, 3.8) is 0 Å². The van der Waals surface area contributed by atoms with Crippen LogP contribution >= 0.6 is 11.3 Å². The zero-order chi connectivity index (χ0) is 15.7. The van der Waals surface area contributed by atoms with E-state index in [1.807, 2.05) is 31.2 Å². The highest BCUT2D eigenvalue weighted by Crippen LogP contribution is 2.28. The van der Waals surface area contributed by atoms with E-state index in [1.165, 1.54) is 0 Å². The lowest BCUT2D eigenvalue weighted by Crippen LogP contribution is -2.39. The first-order chi connectivity index (χ1) is 10.6. The summed E-state index contributed by atoms with van der Waals surface area (Å²) >= 11 is 1.61. The van der Waals surface area contributed by atoms with Gasteiger partial charge in [0.25, 0.3) is 0 Å². The number of amides is 2. The number of benzene rings is 1. The van der Waals surface area contributed by atoms with Crippen molar-refractivity contribution in [3.8, 4) is 0 Å². The van der Waals surface area contributed by atoms with Crippen molar-refractivity contribution < 1.29 is 9.59 Å². The van der Waals surface area contributed by atoms with Crippen LogP contribution in [0.4, 0.5) is 0 Å². The van der Waals surface area contributed by atoms with Gasteiger partial charge >= 0.3 is 0 Å². The van der Waals surface area contributed by atoms with E-state index in [2.05, 4.69) is 4.98 Å². The van der Waals surface area contributed by atoms with E-state index in [9.17, 15) is 9.59 Å². The van der Waals surface area contributed by atoms with Crippen LogP contribution in [0.3, 0.4) is 0 Å². The van der Waals surface area contributed by atoms with Crippen LogP contribution in [0.1, 0.15) is 30.8 Å². The van der Waals surface area contributed by atoms with E-state index in [4.69, 9.17) is 0 Å². The molecular weight excluding hydrogens is 298 g/mol. The molecule has 1 fully saturated rings. The second-order valence-corrected chi connectivity index (χ2v) is 6.68. The molecule has 1 aromatic carbocycles. The first-order valence-electron chi connectivity index (χ1n) is 7.45. The summed E-state index contributed by atoms with van der Waals surface area (Å²) in [4.78, 5) is 32.0. The number of aromatic nitrogens is 1. The van der Waals surface area contributed by atoms with Crippen LogP contribution in [-0.4, -0.2) is 46.7 Å². The number of rotatable bonds is 4. The lowest BCUT2D eigenvalue weighted by atomic mass is 10.3. The second kappa shape index (κ2) is 6.04. The van der Waals surface area contributed by atoms with E-state index in [1.54, 1.807) is 28.2 Å². The average molecular weight is 317 g/mol. The number of thiazole rings is 1. The van der Waals surface area contributed by atoms with E-state index < -0.39 is 0 Å². The van der Waals surface area contributed by atoms with Gasteiger partial charge in [-0.15, -0.1) is 11.3 Å². The minimum absolute atomic E-state index is 0.0398. The van der Waals surface area contributed by atoms with Gasteiger partial charge in [-0.05, 0) is 25.5 Å². The number of likely N-dealkylation sites (N-methyl/N-ethyl adjacent to an activating group) is 1. The van der Waals surface area contributed by atoms with Crippen LogP contribution < -0.4 is 0 Å². The Morgan fingerprint density at radius 1 is 1.45 bits per heavy atom. The maximum atomic E-state index is 12.4. The maximum Gasteiger partial charge on any atom is 0.242 e. The van der Waals surface area contributed by atoms with Crippen LogP contribution in [-0.2, 0) is 9.59 Å². The molecule has 0 radical (unpaired) electrons. The van der Waals surface area contributed by atoms with Gasteiger partial charge in [-0.25, -0.2) is 4.98 Å². The summed E-state index contributed by atoms with van der Waals surface area (Å²) in [6, 6.07) is 7.87. The Morgan fingerprint density at radius 3 is 2.91 bits per heavy atom. The minimum Gasteiger partial charge on any atom is -0.335 e. The molecule has 6 heteroatoms. The number of fused-ring (bicyclic) bond motifs is 1. The molecule has 0 N–H and O–H groups in total. The first-order valence-corrected chi connectivity index (χ1v) is 8.27. The Balaban J connectivity index is 1.71. The van der Waals surface area contributed by atoms with Crippen molar-refractivity contribution in [2.24, 2.45) is 0 Å². The quantitative estimate of drug-likeness (QED) is 0.870. The molecule has 22 heavy (non-hydrogen) atoms. The summed E-state index contributed by atoms with van der Waals surface area (Å²) in [5.74, 6) is 0.0383. The molecule has 0 bridgehead atoms. The molecule has 1 aliphatic rings. The van der Waals surface area contributed by atoms with Crippen molar-refractivity contribution in [1.29, 1.82) is 0 Å².